The van der Waals surface area contributed by atoms with Crippen molar-refractivity contribution in [2.24, 2.45) is 5.92 Å². The fraction of sp³-hybridized carbons (Fsp3) is 0.933. The van der Waals surface area contributed by atoms with E-state index in [-0.39, 0.29) is 18.6 Å². The average molecular weight is 301 g/mol. The van der Waals surface area contributed by atoms with Gasteiger partial charge in [0.25, 0.3) is 0 Å². The predicted octanol–water partition coefficient (Wildman–Crippen LogP) is -0.226. The summed E-state index contributed by atoms with van der Waals surface area (Å²) in [4.78, 5) is 16.2. The standard InChI is InChI=1S/C15H31N3O3/c1-4-17(5-7-19)12-15(20)16-9-14-11-18(6-8-21-14)10-13(2)3/h13-14,19H,4-12H2,1-3H3,(H,16,20). The summed E-state index contributed by atoms with van der Waals surface area (Å²) in [5.74, 6) is 0.643. The molecule has 1 atom stereocenters. The van der Waals surface area contributed by atoms with Crippen LogP contribution in [0.15, 0.2) is 0 Å². The molecule has 0 saturated carbocycles. The third kappa shape index (κ3) is 7.76. The Hall–Kier alpha value is -0.690. The first-order chi connectivity index (χ1) is 10.0. The van der Waals surface area contributed by atoms with Crippen LogP contribution in [0.5, 0.6) is 0 Å². The monoisotopic (exact) mass is 301 g/mol. The maximum Gasteiger partial charge on any atom is 0.234 e. The molecule has 21 heavy (non-hydrogen) atoms. The molecule has 0 aromatic rings. The van der Waals surface area contributed by atoms with Crippen molar-refractivity contribution in [1.29, 1.82) is 0 Å². The summed E-state index contributed by atoms with van der Waals surface area (Å²) in [6.07, 6.45) is 0.0781. The van der Waals surface area contributed by atoms with Gasteiger partial charge in [-0.05, 0) is 12.5 Å². The molecule has 1 heterocycles. The molecule has 6 nitrogen and oxygen atoms in total. The van der Waals surface area contributed by atoms with E-state index in [1.54, 1.807) is 0 Å². The summed E-state index contributed by atoms with van der Waals surface area (Å²) in [6, 6.07) is 0. The van der Waals surface area contributed by atoms with Gasteiger partial charge in [-0.3, -0.25) is 14.6 Å². The largest absolute Gasteiger partial charge is 0.395 e. The van der Waals surface area contributed by atoms with E-state index in [1.807, 2.05) is 11.8 Å². The maximum atomic E-state index is 11.9. The van der Waals surface area contributed by atoms with E-state index in [4.69, 9.17) is 9.84 Å². The molecule has 1 saturated heterocycles. The SMILES string of the molecule is CCN(CCO)CC(=O)NCC1CN(CC(C)C)CCO1. The van der Waals surface area contributed by atoms with E-state index in [9.17, 15) is 4.79 Å². The fourth-order valence-corrected chi connectivity index (χ4v) is 2.56. The van der Waals surface area contributed by atoms with E-state index in [1.165, 1.54) is 0 Å². The van der Waals surface area contributed by atoms with Gasteiger partial charge in [0.15, 0.2) is 0 Å². The number of hydrogen-bond acceptors (Lipinski definition) is 5. The topological polar surface area (TPSA) is 65.0 Å². The molecule has 0 spiro atoms. The third-order valence-electron chi connectivity index (χ3n) is 3.60. The van der Waals surface area contributed by atoms with Gasteiger partial charge in [0.05, 0.1) is 25.9 Å². The first kappa shape index (κ1) is 18.4. The van der Waals surface area contributed by atoms with E-state index < -0.39 is 0 Å². The number of aliphatic hydroxyl groups excluding tert-OH is 1. The zero-order valence-corrected chi connectivity index (χ0v) is 13.7. The highest BCUT2D eigenvalue weighted by molar-refractivity contribution is 5.78. The number of amides is 1. The van der Waals surface area contributed by atoms with Crippen molar-refractivity contribution >= 4 is 5.91 Å². The van der Waals surface area contributed by atoms with Crippen molar-refractivity contribution in [3.63, 3.8) is 0 Å². The van der Waals surface area contributed by atoms with Crippen molar-refractivity contribution in [1.82, 2.24) is 15.1 Å². The third-order valence-corrected chi connectivity index (χ3v) is 3.60. The molecular formula is C15H31N3O3. The van der Waals surface area contributed by atoms with Gasteiger partial charge in [-0.2, -0.15) is 0 Å². The van der Waals surface area contributed by atoms with E-state index in [0.29, 0.717) is 25.6 Å². The molecule has 0 aromatic carbocycles. The molecule has 1 aliphatic heterocycles. The Morgan fingerprint density at radius 1 is 1.52 bits per heavy atom. The number of carbonyl (C=O) groups excluding carboxylic acids is 1. The number of aliphatic hydroxyl groups is 1. The van der Waals surface area contributed by atoms with Gasteiger partial charge in [0.1, 0.15) is 0 Å². The smallest absolute Gasteiger partial charge is 0.234 e. The number of nitrogens with zero attached hydrogens (tertiary/aromatic N) is 2. The summed E-state index contributed by atoms with van der Waals surface area (Å²) in [5, 5.41) is 11.9. The second kappa shape index (κ2) is 10.1. The molecule has 6 heteroatoms. The molecule has 1 rings (SSSR count). The van der Waals surface area contributed by atoms with Crippen molar-refractivity contribution in [2.45, 2.75) is 26.9 Å². The maximum absolute atomic E-state index is 11.9. The number of nitrogens with one attached hydrogen (secondary N) is 1. The van der Waals surface area contributed by atoms with Crippen LogP contribution < -0.4 is 5.32 Å². The van der Waals surface area contributed by atoms with Gasteiger partial charge in [0, 0.05) is 32.7 Å². The van der Waals surface area contributed by atoms with Crippen LogP contribution >= 0.6 is 0 Å². The second-order valence-corrected chi connectivity index (χ2v) is 6.04. The van der Waals surface area contributed by atoms with Crippen molar-refractivity contribution in [2.75, 3.05) is 59.0 Å². The van der Waals surface area contributed by atoms with Gasteiger partial charge in [-0.15, -0.1) is 0 Å². The van der Waals surface area contributed by atoms with Crippen molar-refractivity contribution in [3.05, 3.63) is 0 Å². The minimum absolute atomic E-state index is 0.00474. The summed E-state index contributed by atoms with van der Waals surface area (Å²) in [5.41, 5.74) is 0. The Morgan fingerprint density at radius 3 is 2.90 bits per heavy atom. The normalized spacial score (nSPS) is 20.2. The minimum Gasteiger partial charge on any atom is -0.395 e. The Balaban J connectivity index is 2.25. The van der Waals surface area contributed by atoms with E-state index in [2.05, 4.69) is 24.1 Å². The van der Waals surface area contributed by atoms with Crippen molar-refractivity contribution in [3.8, 4) is 0 Å². The molecule has 1 fully saturated rings. The molecular weight excluding hydrogens is 270 g/mol. The highest BCUT2D eigenvalue weighted by Crippen LogP contribution is 2.07. The van der Waals surface area contributed by atoms with Gasteiger partial charge in [0.2, 0.25) is 5.91 Å². The quantitative estimate of drug-likeness (QED) is 0.616. The molecule has 124 valence electrons. The zero-order valence-electron chi connectivity index (χ0n) is 13.7. The summed E-state index contributed by atoms with van der Waals surface area (Å²) >= 11 is 0. The van der Waals surface area contributed by atoms with Gasteiger partial charge >= 0.3 is 0 Å². The summed E-state index contributed by atoms with van der Waals surface area (Å²) in [6.45, 7) is 12.3. The minimum atomic E-state index is -0.00474. The van der Waals surface area contributed by atoms with E-state index in [0.717, 1.165) is 32.8 Å². The van der Waals surface area contributed by atoms with Crippen LogP contribution in [0.3, 0.4) is 0 Å². The fourth-order valence-electron chi connectivity index (χ4n) is 2.56. The van der Waals surface area contributed by atoms with Gasteiger partial charge < -0.3 is 15.2 Å². The van der Waals surface area contributed by atoms with Gasteiger partial charge in [-0.1, -0.05) is 20.8 Å². The lowest BCUT2D eigenvalue weighted by molar-refractivity contribution is -0.123. The molecule has 0 aliphatic carbocycles. The Morgan fingerprint density at radius 2 is 2.29 bits per heavy atom. The first-order valence-corrected chi connectivity index (χ1v) is 7.99. The van der Waals surface area contributed by atoms with Crippen LogP contribution in [0, 0.1) is 5.92 Å². The van der Waals surface area contributed by atoms with Crippen LogP contribution in [0.2, 0.25) is 0 Å². The van der Waals surface area contributed by atoms with Crippen LogP contribution in [0.4, 0.5) is 0 Å². The molecule has 0 radical (unpaired) electrons. The summed E-state index contributed by atoms with van der Waals surface area (Å²) < 4.78 is 5.71. The Bertz CT molecular complexity index is 300. The second-order valence-electron chi connectivity index (χ2n) is 6.04. The van der Waals surface area contributed by atoms with E-state index >= 15 is 0 Å². The number of carbonyl (C=O) groups is 1. The molecule has 2 N–H and O–H groups in total. The molecule has 1 unspecified atom stereocenters. The van der Waals surface area contributed by atoms with Crippen LogP contribution in [-0.4, -0.2) is 85.9 Å². The highest BCUT2D eigenvalue weighted by Gasteiger charge is 2.21. The number of morpholine rings is 1. The van der Waals surface area contributed by atoms with Crippen molar-refractivity contribution < 1.29 is 14.6 Å². The average Bonchev–Trinajstić information content (AvgIpc) is 2.44. The Labute approximate surface area is 128 Å². The first-order valence-electron chi connectivity index (χ1n) is 7.99. The number of likely N-dealkylation sites (N-methyl/N-ethyl adjacent to an activating group) is 1. The van der Waals surface area contributed by atoms with Crippen LogP contribution in [0.25, 0.3) is 0 Å². The lowest BCUT2D eigenvalue weighted by Gasteiger charge is -2.34. The molecule has 0 bridgehead atoms. The summed E-state index contributed by atoms with van der Waals surface area (Å²) in [7, 11) is 0. The molecule has 0 aromatic heterocycles. The molecule has 1 aliphatic rings. The number of hydrogen-bond donors (Lipinski definition) is 2. The predicted molar refractivity (Wildman–Crippen MR) is 83.2 cm³/mol. The lowest BCUT2D eigenvalue weighted by atomic mass is 10.2. The van der Waals surface area contributed by atoms with Crippen LogP contribution in [0.1, 0.15) is 20.8 Å². The van der Waals surface area contributed by atoms with Gasteiger partial charge in [-0.25, -0.2) is 0 Å². The zero-order chi connectivity index (χ0) is 15.7. The highest BCUT2D eigenvalue weighted by atomic mass is 16.5. The molecule has 1 amide bonds. The number of rotatable bonds is 9. The lowest BCUT2D eigenvalue weighted by Crippen LogP contribution is -2.49. The van der Waals surface area contributed by atoms with Crippen LogP contribution in [-0.2, 0) is 9.53 Å². The number of ether oxygens (including phenoxy) is 1. The Kier molecular flexibility index (Phi) is 8.84.